The van der Waals surface area contributed by atoms with E-state index < -0.39 is 17.2 Å². The Kier molecular flexibility index (Phi) is 4.94. The number of nitrogen functional groups attached to an aromatic ring is 1. The lowest BCUT2D eigenvalue weighted by molar-refractivity contribution is 0.120. The Morgan fingerprint density at radius 3 is 2.63 bits per heavy atom. The number of nitrogens with two attached hydrogens (primary N) is 1. The van der Waals surface area contributed by atoms with E-state index in [1.807, 2.05) is 11.8 Å². The van der Waals surface area contributed by atoms with Gasteiger partial charge in [-0.1, -0.05) is 18.3 Å². The summed E-state index contributed by atoms with van der Waals surface area (Å²) in [6.45, 7) is 5.37. The van der Waals surface area contributed by atoms with Crippen LogP contribution in [0.25, 0.3) is 32.4 Å². The average molecular weight is 500 g/mol. The summed E-state index contributed by atoms with van der Waals surface area (Å²) in [4.78, 5) is 28.8. The standard InChI is InChI=1S/C23H23F2N7O2S/c1-3-6-32-17(11-4-5-12(24)18-15(11)28-21(26)35-18)14(25)16-13(20(32)33)19(30-22(29-16)34-2)31-9-23(10-31)7-27-8-23/h4-5,27H,3,6-10H2,1-2H3,(H2,26,28). The van der Waals surface area contributed by atoms with Crippen molar-refractivity contribution in [1.82, 2.24) is 24.8 Å². The second-order valence-electron chi connectivity index (χ2n) is 9.16. The smallest absolute Gasteiger partial charge is 0.318 e. The quantitative estimate of drug-likeness (QED) is 0.431. The van der Waals surface area contributed by atoms with E-state index in [9.17, 15) is 9.18 Å². The summed E-state index contributed by atoms with van der Waals surface area (Å²) in [5.74, 6) is -0.853. The molecule has 1 aromatic carbocycles. The summed E-state index contributed by atoms with van der Waals surface area (Å²) in [5.41, 5.74) is 5.94. The van der Waals surface area contributed by atoms with Crippen molar-refractivity contribution >= 4 is 43.4 Å². The lowest BCUT2D eigenvalue weighted by Gasteiger charge is -2.56. The molecule has 1 spiro atoms. The first kappa shape index (κ1) is 22.1. The van der Waals surface area contributed by atoms with E-state index in [0.717, 1.165) is 24.4 Å². The van der Waals surface area contributed by atoms with E-state index >= 15 is 4.39 Å². The molecule has 2 aliphatic heterocycles. The van der Waals surface area contributed by atoms with E-state index in [4.69, 9.17) is 10.5 Å². The molecule has 182 valence electrons. The van der Waals surface area contributed by atoms with Crippen LogP contribution in [0, 0.1) is 17.0 Å². The number of nitrogens with one attached hydrogen (secondary N) is 1. The number of ether oxygens (including phenoxy) is 1. The maximum Gasteiger partial charge on any atom is 0.318 e. The first-order valence-electron chi connectivity index (χ1n) is 11.3. The van der Waals surface area contributed by atoms with Gasteiger partial charge in [0.25, 0.3) is 5.56 Å². The normalized spacial score (nSPS) is 16.6. The van der Waals surface area contributed by atoms with Crippen LogP contribution in [0.1, 0.15) is 13.3 Å². The third-order valence-corrected chi connectivity index (χ3v) is 7.66. The molecule has 5 heterocycles. The van der Waals surface area contributed by atoms with Crippen molar-refractivity contribution in [3.8, 4) is 17.3 Å². The molecule has 0 atom stereocenters. The lowest BCUT2D eigenvalue weighted by atomic mass is 9.74. The predicted octanol–water partition coefficient (Wildman–Crippen LogP) is 2.76. The predicted molar refractivity (Wildman–Crippen MR) is 131 cm³/mol. The van der Waals surface area contributed by atoms with Gasteiger partial charge in [-0.25, -0.2) is 13.8 Å². The molecule has 0 amide bonds. The highest BCUT2D eigenvalue weighted by Crippen LogP contribution is 2.41. The minimum absolute atomic E-state index is 0.00498. The van der Waals surface area contributed by atoms with Crippen molar-refractivity contribution in [1.29, 1.82) is 0 Å². The number of thiazole rings is 1. The maximum absolute atomic E-state index is 16.4. The fourth-order valence-corrected chi connectivity index (χ4v) is 5.84. The van der Waals surface area contributed by atoms with Gasteiger partial charge in [-0.2, -0.15) is 9.97 Å². The fourth-order valence-electron chi connectivity index (χ4n) is 5.07. The van der Waals surface area contributed by atoms with E-state index in [-0.39, 0.29) is 55.5 Å². The Balaban J connectivity index is 1.65. The van der Waals surface area contributed by atoms with Crippen molar-refractivity contribution in [3.63, 3.8) is 0 Å². The molecule has 12 heteroatoms. The molecule has 3 aromatic heterocycles. The number of hydrogen-bond donors (Lipinski definition) is 2. The molecule has 9 nitrogen and oxygen atoms in total. The van der Waals surface area contributed by atoms with Gasteiger partial charge in [0.2, 0.25) is 0 Å². The Labute approximate surface area is 202 Å². The van der Waals surface area contributed by atoms with Crippen molar-refractivity contribution in [3.05, 3.63) is 34.1 Å². The number of hydrogen-bond acceptors (Lipinski definition) is 9. The fraction of sp³-hybridized carbons (Fsp3) is 0.391. The molecule has 0 aliphatic carbocycles. The third-order valence-electron chi connectivity index (χ3n) is 6.76. The van der Waals surface area contributed by atoms with Crippen LogP contribution in [-0.4, -0.2) is 52.8 Å². The van der Waals surface area contributed by atoms with Crippen LogP contribution in [0.2, 0.25) is 0 Å². The van der Waals surface area contributed by atoms with E-state index in [2.05, 4.69) is 20.3 Å². The Bertz CT molecular complexity index is 1560. The van der Waals surface area contributed by atoms with Gasteiger partial charge < -0.3 is 25.3 Å². The molecule has 0 saturated carbocycles. The topological polar surface area (TPSA) is 111 Å². The Morgan fingerprint density at radius 2 is 1.97 bits per heavy atom. The van der Waals surface area contributed by atoms with E-state index in [1.54, 1.807) is 0 Å². The molecule has 2 saturated heterocycles. The Hall–Kier alpha value is -3.38. The summed E-state index contributed by atoms with van der Waals surface area (Å²) < 4.78 is 37.7. The SMILES string of the molecule is CCCn1c(-c2ccc(F)c3sc(N)nc23)c(F)c2nc(OC)nc(N3CC4(CNC4)C3)c2c1=O. The maximum atomic E-state index is 16.4. The molecule has 2 fully saturated rings. The van der Waals surface area contributed by atoms with Crippen molar-refractivity contribution < 1.29 is 13.5 Å². The van der Waals surface area contributed by atoms with Gasteiger partial charge >= 0.3 is 6.01 Å². The zero-order valence-corrected chi connectivity index (χ0v) is 20.0. The van der Waals surface area contributed by atoms with Gasteiger partial charge in [0, 0.05) is 43.7 Å². The van der Waals surface area contributed by atoms with Crippen LogP contribution in [0.15, 0.2) is 16.9 Å². The van der Waals surface area contributed by atoms with Gasteiger partial charge in [-0.05, 0) is 18.6 Å². The van der Waals surface area contributed by atoms with Gasteiger partial charge in [0.15, 0.2) is 10.9 Å². The molecular weight excluding hydrogens is 476 g/mol. The minimum atomic E-state index is -0.713. The first-order chi connectivity index (χ1) is 16.9. The minimum Gasteiger partial charge on any atom is -0.467 e. The summed E-state index contributed by atoms with van der Waals surface area (Å²) in [7, 11) is 1.40. The molecule has 6 rings (SSSR count). The molecule has 0 bridgehead atoms. The van der Waals surface area contributed by atoms with Gasteiger partial charge in [0.1, 0.15) is 22.5 Å². The van der Waals surface area contributed by atoms with Crippen LogP contribution < -0.4 is 26.2 Å². The first-order valence-corrected chi connectivity index (χ1v) is 12.2. The van der Waals surface area contributed by atoms with Crippen LogP contribution >= 0.6 is 11.3 Å². The van der Waals surface area contributed by atoms with Gasteiger partial charge in [0.05, 0.1) is 23.0 Å². The number of rotatable bonds is 5. The van der Waals surface area contributed by atoms with Crippen molar-refractivity contribution in [2.24, 2.45) is 5.41 Å². The van der Waals surface area contributed by atoms with Crippen LogP contribution in [0.5, 0.6) is 6.01 Å². The number of benzene rings is 1. The number of methoxy groups -OCH3 is 1. The molecule has 35 heavy (non-hydrogen) atoms. The zero-order chi connectivity index (χ0) is 24.5. The lowest BCUT2D eigenvalue weighted by Crippen LogP contribution is -2.71. The van der Waals surface area contributed by atoms with Crippen molar-refractivity contribution in [2.45, 2.75) is 19.9 Å². The third kappa shape index (κ3) is 3.19. The van der Waals surface area contributed by atoms with Crippen LogP contribution in [0.4, 0.5) is 19.7 Å². The van der Waals surface area contributed by atoms with Crippen LogP contribution in [0.3, 0.4) is 0 Å². The number of anilines is 2. The number of aromatic nitrogens is 4. The number of fused-ring (bicyclic) bond motifs is 2. The largest absolute Gasteiger partial charge is 0.467 e. The number of halogens is 2. The zero-order valence-electron chi connectivity index (χ0n) is 19.2. The highest BCUT2D eigenvalue weighted by Gasteiger charge is 2.48. The summed E-state index contributed by atoms with van der Waals surface area (Å²) in [6, 6.07) is 2.63. The second-order valence-corrected chi connectivity index (χ2v) is 10.2. The molecular formula is C23H23F2N7O2S. The molecule has 0 unspecified atom stereocenters. The number of pyridine rings is 1. The van der Waals surface area contributed by atoms with E-state index in [0.29, 0.717) is 25.3 Å². The highest BCUT2D eigenvalue weighted by atomic mass is 32.1. The van der Waals surface area contributed by atoms with Gasteiger partial charge in [-0.15, -0.1) is 0 Å². The van der Waals surface area contributed by atoms with E-state index in [1.165, 1.54) is 23.8 Å². The molecule has 3 N–H and O–H groups in total. The second kappa shape index (κ2) is 7.82. The Morgan fingerprint density at radius 1 is 1.20 bits per heavy atom. The molecule has 0 radical (unpaired) electrons. The molecule has 2 aliphatic rings. The number of nitrogens with zero attached hydrogens (tertiary/aromatic N) is 5. The van der Waals surface area contributed by atoms with Gasteiger partial charge in [-0.3, -0.25) is 4.79 Å². The monoisotopic (exact) mass is 499 g/mol. The summed E-state index contributed by atoms with van der Waals surface area (Å²) in [6.07, 6.45) is 0.576. The van der Waals surface area contributed by atoms with Crippen molar-refractivity contribution in [2.75, 3.05) is 43.9 Å². The van der Waals surface area contributed by atoms with Crippen LogP contribution in [-0.2, 0) is 6.54 Å². The summed E-state index contributed by atoms with van der Waals surface area (Å²) in [5, 5.41) is 3.54. The summed E-state index contributed by atoms with van der Waals surface area (Å²) >= 11 is 0.975. The molecule has 4 aromatic rings. The average Bonchev–Trinajstić information content (AvgIpc) is 3.18. The highest BCUT2D eigenvalue weighted by molar-refractivity contribution is 7.22.